The molecule has 0 bridgehead atoms. The maximum atomic E-state index is 12.1. The van der Waals surface area contributed by atoms with Crippen molar-refractivity contribution in [2.24, 2.45) is 0 Å². The van der Waals surface area contributed by atoms with Crippen molar-refractivity contribution in [1.29, 1.82) is 0 Å². The number of hydrogen-bond acceptors (Lipinski definition) is 2. The third-order valence-corrected chi connectivity index (χ3v) is 2.74. The van der Waals surface area contributed by atoms with Crippen LogP contribution < -0.4 is 11.2 Å². The number of benzene rings is 1. The maximum Gasteiger partial charge on any atom is 0.328 e. The zero-order valence-electron chi connectivity index (χ0n) is 9.63. The summed E-state index contributed by atoms with van der Waals surface area (Å²) in [5.74, 6) is 0. The largest absolute Gasteiger partial charge is 0.328 e. The highest BCUT2D eigenvalue weighted by molar-refractivity contribution is 5.81. The molecule has 1 aromatic heterocycles. The molecule has 0 saturated heterocycles. The first-order valence-electron chi connectivity index (χ1n) is 5.28. The van der Waals surface area contributed by atoms with Gasteiger partial charge in [0.1, 0.15) is 0 Å². The molecule has 84 valence electrons. The number of aromatic nitrogens is 2. The van der Waals surface area contributed by atoms with E-state index in [1.807, 2.05) is 26.0 Å². The van der Waals surface area contributed by atoms with E-state index in [9.17, 15) is 9.59 Å². The number of aryl methyl sites for hydroxylation is 2. The van der Waals surface area contributed by atoms with Crippen molar-refractivity contribution in [2.45, 2.75) is 27.3 Å². The van der Waals surface area contributed by atoms with E-state index in [1.165, 1.54) is 4.57 Å². The lowest BCUT2D eigenvalue weighted by molar-refractivity contribution is 0.683. The van der Waals surface area contributed by atoms with Gasteiger partial charge >= 0.3 is 5.69 Å². The van der Waals surface area contributed by atoms with Gasteiger partial charge in [0.25, 0.3) is 5.56 Å². The summed E-state index contributed by atoms with van der Waals surface area (Å²) in [7, 11) is 0. The Hall–Kier alpha value is -1.84. The van der Waals surface area contributed by atoms with Gasteiger partial charge in [-0.25, -0.2) is 4.79 Å². The van der Waals surface area contributed by atoms with Gasteiger partial charge in [-0.1, -0.05) is 6.07 Å². The minimum Gasteiger partial charge on any atom is -0.307 e. The van der Waals surface area contributed by atoms with Crippen molar-refractivity contribution in [2.75, 3.05) is 0 Å². The summed E-state index contributed by atoms with van der Waals surface area (Å²) < 4.78 is 1.21. The lowest BCUT2D eigenvalue weighted by atomic mass is 10.1. The fourth-order valence-corrected chi connectivity index (χ4v) is 2.05. The molecule has 16 heavy (non-hydrogen) atoms. The highest BCUT2D eigenvalue weighted by Gasteiger charge is 2.08. The molecule has 0 atom stereocenters. The molecule has 0 aliphatic rings. The molecule has 1 heterocycles. The van der Waals surface area contributed by atoms with Crippen LogP contribution in [0.1, 0.15) is 18.1 Å². The standard InChI is InChI=1S/C12H14N2O2/c1-4-14-11(15)10-8(3)5-7(2)6-9(10)13-12(14)16/h5-6H,4H2,1-3H3,(H,13,16). The Bertz CT molecular complexity index is 665. The number of rotatable bonds is 1. The highest BCUT2D eigenvalue weighted by Crippen LogP contribution is 2.13. The number of fused-ring (bicyclic) bond motifs is 1. The molecule has 0 radical (unpaired) electrons. The van der Waals surface area contributed by atoms with Crippen molar-refractivity contribution in [3.63, 3.8) is 0 Å². The molecule has 1 N–H and O–H groups in total. The van der Waals surface area contributed by atoms with E-state index < -0.39 is 0 Å². The molecule has 4 nitrogen and oxygen atoms in total. The summed E-state index contributed by atoms with van der Waals surface area (Å²) in [5, 5.41) is 0.604. The van der Waals surface area contributed by atoms with Gasteiger partial charge in [-0.3, -0.25) is 9.36 Å². The van der Waals surface area contributed by atoms with Crippen LogP contribution in [-0.2, 0) is 6.54 Å². The molecule has 2 rings (SSSR count). The molecular formula is C12H14N2O2. The molecule has 2 aromatic rings. The quantitative estimate of drug-likeness (QED) is 0.785. The van der Waals surface area contributed by atoms with Crippen LogP contribution in [-0.4, -0.2) is 9.55 Å². The zero-order chi connectivity index (χ0) is 11.9. The Morgan fingerprint density at radius 3 is 2.56 bits per heavy atom. The van der Waals surface area contributed by atoms with Gasteiger partial charge in [0.15, 0.2) is 0 Å². The van der Waals surface area contributed by atoms with Gasteiger partial charge in [-0.2, -0.15) is 0 Å². The number of nitrogens with one attached hydrogen (secondary N) is 1. The van der Waals surface area contributed by atoms with E-state index in [1.54, 1.807) is 6.92 Å². The van der Waals surface area contributed by atoms with E-state index >= 15 is 0 Å². The van der Waals surface area contributed by atoms with Crippen LogP contribution in [0.15, 0.2) is 21.7 Å². The zero-order valence-corrected chi connectivity index (χ0v) is 9.63. The van der Waals surface area contributed by atoms with Crippen molar-refractivity contribution in [1.82, 2.24) is 9.55 Å². The van der Waals surface area contributed by atoms with Crippen LogP contribution in [0.5, 0.6) is 0 Å². The predicted octanol–water partition coefficient (Wildman–Crippen LogP) is 1.33. The molecule has 0 saturated carbocycles. The van der Waals surface area contributed by atoms with Gasteiger partial charge in [0.2, 0.25) is 0 Å². The third kappa shape index (κ3) is 1.46. The molecule has 0 spiro atoms. The molecule has 0 amide bonds. The van der Waals surface area contributed by atoms with Gasteiger partial charge in [0.05, 0.1) is 10.9 Å². The monoisotopic (exact) mass is 218 g/mol. The number of H-pyrrole nitrogens is 1. The first-order chi connectivity index (χ1) is 7.54. The Labute approximate surface area is 92.5 Å². The summed E-state index contributed by atoms with van der Waals surface area (Å²) in [5.41, 5.74) is 2.01. The van der Waals surface area contributed by atoms with Crippen molar-refractivity contribution in [3.05, 3.63) is 44.1 Å². The highest BCUT2D eigenvalue weighted by atomic mass is 16.2. The van der Waals surface area contributed by atoms with Crippen LogP contribution in [0.3, 0.4) is 0 Å². The maximum absolute atomic E-state index is 12.1. The molecule has 4 heteroatoms. The lowest BCUT2D eigenvalue weighted by Crippen LogP contribution is -2.34. The first-order valence-corrected chi connectivity index (χ1v) is 5.28. The van der Waals surface area contributed by atoms with E-state index in [4.69, 9.17) is 0 Å². The normalized spacial score (nSPS) is 10.9. The van der Waals surface area contributed by atoms with Gasteiger partial charge < -0.3 is 4.98 Å². The number of hydrogen-bond donors (Lipinski definition) is 1. The van der Waals surface area contributed by atoms with E-state index in [-0.39, 0.29) is 11.2 Å². The predicted molar refractivity (Wildman–Crippen MR) is 64.0 cm³/mol. The average Bonchev–Trinajstić information content (AvgIpc) is 2.15. The fraction of sp³-hybridized carbons (Fsp3) is 0.333. The molecule has 0 unspecified atom stereocenters. The SMILES string of the molecule is CCn1c(=O)[nH]c2cc(C)cc(C)c2c1=O. The molecule has 1 aromatic carbocycles. The molecular weight excluding hydrogens is 204 g/mol. The summed E-state index contributed by atoms with van der Waals surface area (Å²) in [6.07, 6.45) is 0. The van der Waals surface area contributed by atoms with Crippen molar-refractivity contribution < 1.29 is 0 Å². The fourth-order valence-electron chi connectivity index (χ4n) is 2.05. The van der Waals surface area contributed by atoms with Crippen LogP contribution in [0.25, 0.3) is 10.9 Å². The van der Waals surface area contributed by atoms with Crippen LogP contribution >= 0.6 is 0 Å². The molecule has 0 fully saturated rings. The first kappa shape index (κ1) is 10.7. The summed E-state index contributed by atoms with van der Waals surface area (Å²) in [6, 6.07) is 3.77. The van der Waals surface area contributed by atoms with Gasteiger partial charge in [0, 0.05) is 6.54 Å². The van der Waals surface area contributed by atoms with Crippen molar-refractivity contribution >= 4 is 10.9 Å². The van der Waals surface area contributed by atoms with E-state index in [2.05, 4.69) is 4.98 Å². The third-order valence-electron chi connectivity index (χ3n) is 2.74. The minimum absolute atomic E-state index is 0.209. The summed E-state index contributed by atoms with van der Waals surface area (Å²) in [6.45, 7) is 5.99. The summed E-state index contributed by atoms with van der Waals surface area (Å²) in [4.78, 5) is 26.4. The number of aromatic amines is 1. The summed E-state index contributed by atoms with van der Waals surface area (Å²) >= 11 is 0. The average molecular weight is 218 g/mol. The van der Waals surface area contributed by atoms with E-state index in [0.29, 0.717) is 17.4 Å². The Morgan fingerprint density at radius 2 is 1.94 bits per heavy atom. The minimum atomic E-state index is -0.343. The van der Waals surface area contributed by atoms with Crippen molar-refractivity contribution in [3.8, 4) is 0 Å². The Morgan fingerprint density at radius 1 is 1.25 bits per heavy atom. The Balaban J connectivity index is 3.06. The molecule has 0 aliphatic heterocycles. The lowest BCUT2D eigenvalue weighted by Gasteiger charge is -2.06. The second kappa shape index (κ2) is 3.63. The van der Waals surface area contributed by atoms with E-state index in [0.717, 1.165) is 11.1 Å². The Kier molecular flexibility index (Phi) is 2.42. The molecule has 0 aliphatic carbocycles. The topological polar surface area (TPSA) is 54.9 Å². The van der Waals surface area contributed by atoms with Gasteiger partial charge in [-0.15, -0.1) is 0 Å². The number of nitrogens with zero attached hydrogens (tertiary/aromatic N) is 1. The van der Waals surface area contributed by atoms with Crippen LogP contribution in [0.4, 0.5) is 0 Å². The second-order valence-corrected chi connectivity index (χ2v) is 3.98. The van der Waals surface area contributed by atoms with Crippen LogP contribution in [0, 0.1) is 13.8 Å². The second-order valence-electron chi connectivity index (χ2n) is 3.98. The van der Waals surface area contributed by atoms with Gasteiger partial charge in [-0.05, 0) is 38.0 Å². The smallest absolute Gasteiger partial charge is 0.307 e. The van der Waals surface area contributed by atoms with Crippen LogP contribution in [0.2, 0.25) is 0 Å².